The van der Waals surface area contributed by atoms with Crippen LogP contribution in [0.3, 0.4) is 0 Å². The minimum Gasteiger partial charge on any atom is -0.480 e. The van der Waals surface area contributed by atoms with Gasteiger partial charge in [0.1, 0.15) is 6.04 Å². The lowest BCUT2D eigenvalue weighted by atomic mass is 10.1. The summed E-state index contributed by atoms with van der Waals surface area (Å²) in [5.41, 5.74) is 2.94. The summed E-state index contributed by atoms with van der Waals surface area (Å²) in [6, 6.07) is -0.718. The van der Waals surface area contributed by atoms with Gasteiger partial charge in [0.05, 0.1) is 6.04 Å². The van der Waals surface area contributed by atoms with Gasteiger partial charge >= 0.3 is 11.7 Å². The Balaban J connectivity index is 2.11. The fourth-order valence-electron chi connectivity index (χ4n) is 2.63. The third-order valence-corrected chi connectivity index (χ3v) is 3.82. The second kappa shape index (κ2) is 6.86. The number of hydrogen-bond donors (Lipinski definition) is 2. The molecule has 0 saturated carbocycles. The Labute approximate surface area is 122 Å². The summed E-state index contributed by atoms with van der Waals surface area (Å²) >= 11 is 0. The van der Waals surface area contributed by atoms with Crippen LogP contribution in [0.2, 0.25) is 0 Å². The molecular formula is C13H22N4O4. The van der Waals surface area contributed by atoms with Crippen molar-refractivity contribution < 1.29 is 14.4 Å². The molecule has 2 rings (SSSR count). The Kier molecular flexibility index (Phi) is 5.13. The first-order valence-electron chi connectivity index (χ1n) is 7.34. The molecule has 118 valence electrons. The molecule has 0 aromatic carbocycles. The van der Waals surface area contributed by atoms with E-state index in [0.717, 1.165) is 25.7 Å². The van der Waals surface area contributed by atoms with Gasteiger partial charge < -0.3 is 5.11 Å². The van der Waals surface area contributed by atoms with E-state index in [0.29, 0.717) is 18.9 Å². The Morgan fingerprint density at radius 2 is 2.38 bits per heavy atom. The molecule has 8 heteroatoms. The van der Waals surface area contributed by atoms with Crippen molar-refractivity contribution in [3.8, 4) is 0 Å². The quantitative estimate of drug-likeness (QED) is 0.733. The predicted molar refractivity (Wildman–Crippen MR) is 74.8 cm³/mol. The highest BCUT2D eigenvalue weighted by atomic mass is 16.5. The molecule has 8 nitrogen and oxygen atoms in total. The molecule has 0 aliphatic carbocycles. The summed E-state index contributed by atoms with van der Waals surface area (Å²) < 4.78 is 6.38. The van der Waals surface area contributed by atoms with Crippen molar-refractivity contribution in [2.24, 2.45) is 0 Å². The van der Waals surface area contributed by atoms with Crippen LogP contribution >= 0.6 is 0 Å². The van der Waals surface area contributed by atoms with E-state index in [9.17, 15) is 9.59 Å². The maximum atomic E-state index is 11.8. The van der Waals surface area contributed by atoms with Crippen molar-refractivity contribution in [2.45, 2.75) is 51.6 Å². The van der Waals surface area contributed by atoms with E-state index < -0.39 is 17.8 Å². The average Bonchev–Trinajstić information content (AvgIpc) is 2.70. The van der Waals surface area contributed by atoms with Crippen LogP contribution in [0.4, 0.5) is 0 Å². The first-order valence-corrected chi connectivity index (χ1v) is 7.34. The number of rotatable bonds is 6. The number of fused-ring (bicyclic) bond motifs is 1. The topological polar surface area (TPSA) is 101 Å². The lowest BCUT2D eigenvalue weighted by Gasteiger charge is -2.28. The van der Waals surface area contributed by atoms with Crippen LogP contribution in [0.1, 0.15) is 45.0 Å². The summed E-state index contributed by atoms with van der Waals surface area (Å²) in [4.78, 5) is 22.8. The van der Waals surface area contributed by atoms with Crippen molar-refractivity contribution in [3.05, 3.63) is 16.4 Å². The molecule has 1 aliphatic heterocycles. The molecule has 1 aliphatic rings. The fourth-order valence-corrected chi connectivity index (χ4v) is 2.63. The Bertz CT molecular complexity index is 539. The number of carbonyl (C=O) groups is 1. The van der Waals surface area contributed by atoms with E-state index in [4.69, 9.17) is 9.63 Å². The van der Waals surface area contributed by atoms with E-state index in [1.165, 1.54) is 0 Å². The normalized spacial score (nSPS) is 20.0. The van der Waals surface area contributed by atoms with Crippen molar-refractivity contribution in [2.75, 3.05) is 13.1 Å². The van der Waals surface area contributed by atoms with E-state index in [1.54, 1.807) is 11.5 Å². The number of aromatic nitrogens is 2. The zero-order chi connectivity index (χ0) is 15.4. The number of carboxylic acid groups (broad SMARTS) is 1. The maximum Gasteiger partial charge on any atom is 0.441 e. The Morgan fingerprint density at radius 1 is 1.62 bits per heavy atom. The van der Waals surface area contributed by atoms with E-state index in [-0.39, 0.29) is 6.04 Å². The number of carboxylic acids is 1. The van der Waals surface area contributed by atoms with Gasteiger partial charge in [-0.1, -0.05) is 18.5 Å². The summed E-state index contributed by atoms with van der Waals surface area (Å²) in [6.07, 6.45) is 3.59. The first-order chi connectivity index (χ1) is 10.0. The third-order valence-electron chi connectivity index (χ3n) is 3.82. The molecule has 0 fully saturated rings. The molecule has 0 amide bonds. The Hall–Kier alpha value is -1.67. The average molecular weight is 298 g/mol. The predicted octanol–water partition coefficient (Wildman–Crippen LogP) is 0.403. The van der Waals surface area contributed by atoms with Gasteiger partial charge in [-0.15, -0.1) is 0 Å². The number of hydrogen-bond acceptors (Lipinski definition) is 6. The molecule has 2 heterocycles. The van der Waals surface area contributed by atoms with Crippen molar-refractivity contribution in [3.63, 3.8) is 0 Å². The summed E-state index contributed by atoms with van der Waals surface area (Å²) in [5, 5.41) is 14.6. The van der Waals surface area contributed by atoms with E-state index in [2.05, 4.69) is 10.6 Å². The van der Waals surface area contributed by atoms with Crippen LogP contribution in [0.25, 0.3) is 0 Å². The molecule has 2 atom stereocenters. The van der Waals surface area contributed by atoms with Crippen molar-refractivity contribution in [1.29, 1.82) is 0 Å². The highest BCUT2D eigenvalue weighted by Crippen LogP contribution is 2.21. The second-order valence-corrected chi connectivity index (χ2v) is 5.36. The van der Waals surface area contributed by atoms with Gasteiger partial charge in [-0.3, -0.25) is 13.9 Å². The molecule has 2 N–H and O–H groups in total. The minimum absolute atomic E-state index is 0.0466. The third kappa shape index (κ3) is 3.70. The summed E-state index contributed by atoms with van der Waals surface area (Å²) in [6.45, 7) is 4.72. The molecule has 0 saturated heterocycles. The molecule has 21 heavy (non-hydrogen) atoms. The zero-order valence-electron chi connectivity index (χ0n) is 12.4. The smallest absolute Gasteiger partial charge is 0.441 e. The number of nitrogens with zero attached hydrogens (tertiary/aromatic N) is 3. The zero-order valence-corrected chi connectivity index (χ0v) is 12.4. The molecule has 1 unspecified atom stereocenters. The van der Waals surface area contributed by atoms with Gasteiger partial charge in [0, 0.05) is 19.5 Å². The number of hydrazine groups is 1. The lowest BCUT2D eigenvalue weighted by molar-refractivity contribution is -0.140. The lowest BCUT2D eigenvalue weighted by Crippen LogP contribution is -2.49. The largest absolute Gasteiger partial charge is 0.480 e. The van der Waals surface area contributed by atoms with Gasteiger partial charge in [-0.05, 0) is 19.8 Å². The monoisotopic (exact) mass is 298 g/mol. The van der Waals surface area contributed by atoms with E-state index in [1.807, 2.05) is 11.9 Å². The second-order valence-electron chi connectivity index (χ2n) is 5.36. The Morgan fingerprint density at radius 3 is 3.05 bits per heavy atom. The molecule has 1 aromatic rings. The van der Waals surface area contributed by atoms with Crippen LogP contribution in [0.5, 0.6) is 0 Å². The fraction of sp³-hybridized carbons (Fsp3) is 0.769. The van der Waals surface area contributed by atoms with Crippen LogP contribution in [0.15, 0.2) is 9.32 Å². The molecule has 0 bridgehead atoms. The van der Waals surface area contributed by atoms with Crippen LogP contribution < -0.4 is 11.2 Å². The van der Waals surface area contributed by atoms with Crippen LogP contribution in [-0.4, -0.2) is 44.9 Å². The SMILES string of the molecule is CCN(CC1CCCCc2noc(=O)n21)N[C@@H](C)C(=O)O. The minimum atomic E-state index is -0.905. The van der Waals surface area contributed by atoms with Gasteiger partial charge in [0.15, 0.2) is 5.82 Å². The first kappa shape index (κ1) is 15.7. The number of likely N-dealkylation sites (N-methyl/N-ethyl adjacent to an activating group) is 1. The number of aryl methyl sites for hydroxylation is 1. The standard InChI is InChI=1S/C13H22N4O4/c1-3-16(14-9(2)12(18)19)8-10-6-4-5-7-11-15-21-13(20)17(10)11/h9-10,14H,3-8H2,1-2H3,(H,18,19)/t9-,10?/m0/s1. The number of aliphatic carboxylic acids is 1. The summed E-state index contributed by atoms with van der Waals surface area (Å²) in [7, 11) is 0. The van der Waals surface area contributed by atoms with Crippen LogP contribution in [0, 0.1) is 0 Å². The van der Waals surface area contributed by atoms with Crippen molar-refractivity contribution >= 4 is 5.97 Å². The molecular weight excluding hydrogens is 276 g/mol. The summed E-state index contributed by atoms with van der Waals surface area (Å²) in [5.74, 6) is -0.652. The van der Waals surface area contributed by atoms with Crippen LogP contribution in [-0.2, 0) is 11.2 Å². The molecule has 0 spiro atoms. The number of nitrogens with one attached hydrogen (secondary N) is 1. The molecule has 0 radical (unpaired) electrons. The highest BCUT2D eigenvalue weighted by molar-refractivity contribution is 5.72. The highest BCUT2D eigenvalue weighted by Gasteiger charge is 2.25. The van der Waals surface area contributed by atoms with Gasteiger partial charge in [0.2, 0.25) is 0 Å². The maximum absolute atomic E-state index is 11.8. The van der Waals surface area contributed by atoms with Crippen molar-refractivity contribution in [1.82, 2.24) is 20.2 Å². The van der Waals surface area contributed by atoms with Gasteiger partial charge in [0.25, 0.3) is 0 Å². The van der Waals surface area contributed by atoms with E-state index >= 15 is 0 Å². The van der Waals surface area contributed by atoms with Gasteiger partial charge in [-0.25, -0.2) is 15.2 Å². The van der Waals surface area contributed by atoms with Gasteiger partial charge in [-0.2, -0.15) is 0 Å². The molecule has 1 aromatic heterocycles.